The van der Waals surface area contributed by atoms with E-state index < -0.39 is 23.8 Å². The molecule has 1 aromatic carbocycles. The molecule has 1 aliphatic carbocycles. The third-order valence-electron chi connectivity index (χ3n) is 6.89. The summed E-state index contributed by atoms with van der Waals surface area (Å²) in [5.41, 5.74) is 2.24. The number of benzene rings is 1. The van der Waals surface area contributed by atoms with Gasteiger partial charge in [-0.1, -0.05) is 58.2 Å². The van der Waals surface area contributed by atoms with E-state index in [1.807, 2.05) is 45.9 Å². The third kappa shape index (κ3) is 8.24. The topological polar surface area (TPSA) is 87.7 Å². The predicted octanol–water partition coefficient (Wildman–Crippen LogP) is 5.58. The van der Waals surface area contributed by atoms with Crippen molar-refractivity contribution in [3.8, 4) is 0 Å². The summed E-state index contributed by atoms with van der Waals surface area (Å²) in [5, 5.41) is 5.92. The summed E-state index contributed by atoms with van der Waals surface area (Å²) >= 11 is 0. The highest BCUT2D eigenvalue weighted by Crippen LogP contribution is 2.37. The molecule has 7 nitrogen and oxygen atoms in total. The quantitative estimate of drug-likeness (QED) is 0.366. The maximum absolute atomic E-state index is 14.2. The van der Waals surface area contributed by atoms with Crippen LogP contribution >= 0.6 is 0 Å². The first-order chi connectivity index (χ1) is 16.9. The molecule has 2 rings (SSSR count). The molecule has 36 heavy (non-hydrogen) atoms. The fourth-order valence-electron chi connectivity index (χ4n) is 4.32. The highest BCUT2D eigenvalue weighted by molar-refractivity contribution is 5.93. The fourth-order valence-corrected chi connectivity index (χ4v) is 4.32. The molecule has 2 N–H and O–H groups in total. The molecule has 1 aromatic rings. The second-order valence-electron chi connectivity index (χ2n) is 11.2. The molecule has 1 saturated carbocycles. The van der Waals surface area contributed by atoms with Crippen LogP contribution in [-0.4, -0.2) is 47.0 Å². The van der Waals surface area contributed by atoms with Crippen molar-refractivity contribution in [2.75, 3.05) is 6.54 Å². The lowest BCUT2D eigenvalue weighted by atomic mass is 9.93. The van der Waals surface area contributed by atoms with Crippen LogP contribution in [0.25, 0.3) is 0 Å². The van der Waals surface area contributed by atoms with Crippen LogP contribution in [0.3, 0.4) is 0 Å². The fraction of sp³-hybridized carbons (Fsp3) is 0.690. The molecule has 0 radical (unpaired) electrons. The predicted molar refractivity (Wildman–Crippen MR) is 144 cm³/mol. The second-order valence-corrected chi connectivity index (χ2v) is 11.2. The average Bonchev–Trinajstić information content (AvgIpc) is 3.63. The van der Waals surface area contributed by atoms with Crippen LogP contribution in [0, 0.1) is 19.8 Å². The Kier molecular flexibility index (Phi) is 10.8. The molecule has 0 bridgehead atoms. The van der Waals surface area contributed by atoms with Crippen molar-refractivity contribution in [3.05, 3.63) is 34.9 Å². The van der Waals surface area contributed by atoms with Crippen molar-refractivity contribution >= 4 is 17.9 Å². The molecule has 3 atom stereocenters. The number of rotatable bonds is 12. The first-order valence-corrected chi connectivity index (χ1v) is 13.6. The van der Waals surface area contributed by atoms with Gasteiger partial charge in [0.1, 0.15) is 17.7 Å². The number of carbonyl (C=O) groups is 3. The Morgan fingerprint density at radius 1 is 1.11 bits per heavy atom. The third-order valence-corrected chi connectivity index (χ3v) is 6.89. The number of amides is 3. The molecule has 3 amide bonds. The SMILES string of the molecule is CCCCCNC(=O)C(c1cccc(C)c1C)N(C(=O)C(NC(=O)OC(C)(C)C)C(C)CC)C1CC1. The Morgan fingerprint density at radius 2 is 1.78 bits per heavy atom. The molecule has 1 aliphatic rings. The van der Waals surface area contributed by atoms with E-state index in [0.717, 1.165) is 48.8 Å². The smallest absolute Gasteiger partial charge is 0.408 e. The van der Waals surface area contributed by atoms with E-state index in [0.29, 0.717) is 13.0 Å². The van der Waals surface area contributed by atoms with Gasteiger partial charge < -0.3 is 20.3 Å². The summed E-state index contributed by atoms with van der Waals surface area (Å²) < 4.78 is 5.47. The lowest BCUT2D eigenvalue weighted by molar-refractivity contribution is -0.144. The number of carbonyl (C=O) groups excluding carboxylic acids is 3. The van der Waals surface area contributed by atoms with Crippen molar-refractivity contribution in [1.82, 2.24) is 15.5 Å². The van der Waals surface area contributed by atoms with Crippen molar-refractivity contribution in [2.24, 2.45) is 5.92 Å². The standard InChI is InChI=1S/C29H47N3O4/c1-9-11-12-18-30-26(33)25(23-15-13-14-20(4)21(23)5)32(22-16-17-22)27(34)24(19(3)10-2)31-28(35)36-29(6,7)8/h13-15,19,22,24-25H,9-12,16-18H2,1-8H3,(H,30,33)(H,31,35). The van der Waals surface area contributed by atoms with Crippen LogP contribution in [0.1, 0.15) is 103 Å². The number of hydrogen-bond acceptors (Lipinski definition) is 4. The molecule has 0 aromatic heterocycles. The molecular formula is C29H47N3O4. The minimum atomic E-state index is -0.786. The zero-order chi connectivity index (χ0) is 27.0. The van der Waals surface area contributed by atoms with Crippen molar-refractivity contribution in [1.29, 1.82) is 0 Å². The Hall–Kier alpha value is -2.57. The van der Waals surface area contributed by atoms with Crippen molar-refractivity contribution in [3.63, 3.8) is 0 Å². The van der Waals surface area contributed by atoms with Gasteiger partial charge in [0, 0.05) is 12.6 Å². The largest absolute Gasteiger partial charge is 0.444 e. The Balaban J connectivity index is 2.46. The van der Waals surface area contributed by atoms with E-state index in [2.05, 4.69) is 17.6 Å². The lowest BCUT2D eigenvalue weighted by Crippen LogP contribution is -2.56. The molecule has 0 saturated heterocycles. The van der Waals surface area contributed by atoms with E-state index in [9.17, 15) is 14.4 Å². The summed E-state index contributed by atoms with van der Waals surface area (Å²) in [6, 6.07) is 4.33. The van der Waals surface area contributed by atoms with Gasteiger partial charge in [-0.2, -0.15) is 0 Å². The molecule has 1 fully saturated rings. The van der Waals surface area contributed by atoms with Gasteiger partial charge in [0.25, 0.3) is 0 Å². The zero-order valence-electron chi connectivity index (χ0n) is 23.6. The number of hydrogen-bond donors (Lipinski definition) is 2. The number of aryl methyl sites for hydroxylation is 1. The summed E-state index contributed by atoms with van der Waals surface area (Å²) in [6.45, 7) is 16.0. The molecule has 7 heteroatoms. The normalized spacial score (nSPS) is 16.0. The van der Waals surface area contributed by atoms with Gasteiger partial charge in [-0.15, -0.1) is 0 Å². The number of nitrogens with one attached hydrogen (secondary N) is 2. The maximum Gasteiger partial charge on any atom is 0.408 e. The highest BCUT2D eigenvalue weighted by Gasteiger charge is 2.45. The van der Waals surface area contributed by atoms with Gasteiger partial charge in [-0.25, -0.2) is 4.79 Å². The highest BCUT2D eigenvalue weighted by atomic mass is 16.6. The molecule has 0 heterocycles. The monoisotopic (exact) mass is 501 g/mol. The molecule has 0 spiro atoms. The number of nitrogens with zero attached hydrogens (tertiary/aromatic N) is 1. The van der Waals surface area contributed by atoms with Crippen LogP contribution < -0.4 is 10.6 Å². The van der Waals surface area contributed by atoms with Crippen LogP contribution in [0.4, 0.5) is 4.79 Å². The van der Waals surface area contributed by atoms with Gasteiger partial charge in [0.05, 0.1) is 0 Å². The Morgan fingerprint density at radius 3 is 2.33 bits per heavy atom. The second kappa shape index (κ2) is 13.1. The minimum Gasteiger partial charge on any atom is -0.444 e. The van der Waals surface area contributed by atoms with Gasteiger partial charge in [-0.05, 0) is 76.5 Å². The van der Waals surface area contributed by atoms with Crippen LogP contribution in [0.5, 0.6) is 0 Å². The number of alkyl carbamates (subject to hydrolysis) is 1. The van der Waals surface area contributed by atoms with Gasteiger partial charge in [0.2, 0.25) is 11.8 Å². The van der Waals surface area contributed by atoms with E-state index >= 15 is 0 Å². The van der Waals surface area contributed by atoms with E-state index in [1.54, 1.807) is 25.7 Å². The molecule has 202 valence electrons. The zero-order valence-corrected chi connectivity index (χ0v) is 23.6. The van der Waals surface area contributed by atoms with Gasteiger partial charge in [0.15, 0.2) is 0 Å². The Labute approximate surface area is 217 Å². The molecular weight excluding hydrogens is 454 g/mol. The molecule has 3 unspecified atom stereocenters. The van der Waals surface area contributed by atoms with Crippen LogP contribution in [0.15, 0.2) is 18.2 Å². The summed E-state index contributed by atoms with van der Waals surface area (Å²) in [5.74, 6) is -0.523. The first-order valence-electron chi connectivity index (χ1n) is 13.6. The van der Waals surface area contributed by atoms with Gasteiger partial charge >= 0.3 is 6.09 Å². The van der Waals surface area contributed by atoms with Gasteiger partial charge in [-0.3, -0.25) is 9.59 Å². The number of ether oxygens (including phenoxy) is 1. The number of unbranched alkanes of at least 4 members (excludes halogenated alkanes) is 2. The summed E-state index contributed by atoms with van der Waals surface area (Å²) in [4.78, 5) is 42.3. The van der Waals surface area contributed by atoms with Crippen LogP contribution in [0.2, 0.25) is 0 Å². The summed E-state index contributed by atoms with van der Waals surface area (Å²) in [7, 11) is 0. The van der Waals surface area contributed by atoms with Crippen molar-refractivity contribution in [2.45, 2.75) is 118 Å². The van der Waals surface area contributed by atoms with E-state index in [-0.39, 0.29) is 23.8 Å². The lowest BCUT2D eigenvalue weighted by Gasteiger charge is -2.37. The Bertz CT molecular complexity index is 904. The average molecular weight is 502 g/mol. The maximum atomic E-state index is 14.2. The first kappa shape index (κ1) is 29.7. The van der Waals surface area contributed by atoms with E-state index in [1.165, 1.54) is 0 Å². The van der Waals surface area contributed by atoms with E-state index in [4.69, 9.17) is 4.74 Å². The van der Waals surface area contributed by atoms with Crippen LogP contribution in [-0.2, 0) is 14.3 Å². The molecule has 0 aliphatic heterocycles. The summed E-state index contributed by atoms with van der Waals surface area (Å²) in [6.07, 6.45) is 4.76. The minimum absolute atomic E-state index is 0.0317. The van der Waals surface area contributed by atoms with Crippen molar-refractivity contribution < 1.29 is 19.1 Å².